The lowest BCUT2D eigenvalue weighted by atomic mass is 9.96. The van der Waals surface area contributed by atoms with E-state index in [0.29, 0.717) is 19.7 Å². The van der Waals surface area contributed by atoms with E-state index in [1.54, 1.807) is 7.11 Å². The van der Waals surface area contributed by atoms with Crippen LogP contribution in [-0.2, 0) is 14.3 Å². The molecule has 1 aliphatic rings. The molecule has 0 aromatic carbocycles. The molecule has 0 spiro atoms. The van der Waals surface area contributed by atoms with Crippen molar-refractivity contribution in [3.63, 3.8) is 0 Å². The highest BCUT2D eigenvalue weighted by Crippen LogP contribution is 2.21. The van der Waals surface area contributed by atoms with Crippen molar-refractivity contribution in [3.05, 3.63) is 0 Å². The number of hydrogen-bond donors (Lipinski definition) is 1. The quantitative estimate of drug-likeness (QED) is 0.480. The van der Waals surface area contributed by atoms with Gasteiger partial charge < -0.3 is 14.8 Å². The molecule has 0 aliphatic heterocycles. The number of nitrogens with one attached hydrogen (secondary N) is 1. The van der Waals surface area contributed by atoms with Gasteiger partial charge in [0, 0.05) is 13.7 Å². The van der Waals surface area contributed by atoms with Crippen molar-refractivity contribution in [1.82, 2.24) is 5.32 Å². The van der Waals surface area contributed by atoms with E-state index in [2.05, 4.69) is 5.32 Å². The summed E-state index contributed by atoms with van der Waals surface area (Å²) in [6, 6.07) is 0. The third-order valence-corrected chi connectivity index (χ3v) is 2.10. The lowest BCUT2D eigenvalue weighted by molar-refractivity contribution is -0.151. The Bertz CT molecular complexity index is 157. The van der Waals surface area contributed by atoms with Crippen LogP contribution in [0.4, 0.5) is 0 Å². The van der Waals surface area contributed by atoms with E-state index in [0.717, 1.165) is 12.8 Å². The molecule has 1 N–H and O–H groups in total. The first kappa shape index (κ1) is 10.5. The fraction of sp³-hybridized carbons (Fsp3) is 0.889. The van der Waals surface area contributed by atoms with Gasteiger partial charge >= 0.3 is 5.97 Å². The molecule has 0 amide bonds. The Morgan fingerprint density at radius 3 is 2.85 bits per heavy atom. The highest BCUT2D eigenvalue weighted by Gasteiger charge is 2.20. The van der Waals surface area contributed by atoms with Crippen molar-refractivity contribution >= 4 is 5.97 Å². The number of rotatable bonds is 6. The van der Waals surface area contributed by atoms with Gasteiger partial charge in [-0.05, 0) is 19.3 Å². The number of ether oxygens (including phenoxy) is 2. The van der Waals surface area contributed by atoms with Crippen molar-refractivity contribution in [2.45, 2.75) is 25.4 Å². The molecule has 0 heterocycles. The van der Waals surface area contributed by atoms with E-state index < -0.39 is 0 Å². The lowest BCUT2D eigenvalue weighted by Crippen LogP contribution is -2.32. The van der Waals surface area contributed by atoms with Gasteiger partial charge in [0.2, 0.25) is 0 Å². The SMILES string of the molecule is COCCNCC(=O)OC1CCC1. The highest BCUT2D eigenvalue weighted by molar-refractivity contribution is 5.71. The van der Waals surface area contributed by atoms with Crippen molar-refractivity contribution < 1.29 is 14.3 Å². The predicted octanol–water partition coefficient (Wildman–Crippen LogP) is 0.318. The lowest BCUT2D eigenvalue weighted by Gasteiger charge is -2.25. The van der Waals surface area contributed by atoms with Crippen LogP contribution in [0.3, 0.4) is 0 Å². The first-order chi connectivity index (χ1) is 6.33. The van der Waals surface area contributed by atoms with Gasteiger partial charge in [0.1, 0.15) is 6.10 Å². The first-order valence-electron chi connectivity index (χ1n) is 4.72. The molecule has 1 aliphatic carbocycles. The van der Waals surface area contributed by atoms with Crippen LogP contribution in [0, 0.1) is 0 Å². The molecule has 0 saturated heterocycles. The topological polar surface area (TPSA) is 47.6 Å². The summed E-state index contributed by atoms with van der Waals surface area (Å²) in [6.07, 6.45) is 3.44. The zero-order valence-electron chi connectivity index (χ0n) is 8.04. The second-order valence-corrected chi connectivity index (χ2v) is 3.21. The summed E-state index contributed by atoms with van der Waals surface area (Å²) >= 11 is 0. The third kappa shape index (κ3) is 4.24. The molecule has 76 valence electrons. The summed E-state index contributed by atoms with van der Waals surface area (Å²) in [6.45, 7) is 1.60. The van der Waals surface area contributed by atoms with Gasteiger partial charge in [0.15, 0.2) is 0 Å². The van der Waals surface area contributed by atoms with E-state index in [-0.39, 0.29) is 12.1 Å². The Labute approximate surface area is 78.6 Å². The van der Waals surface area contributed by atoms with Crippen LogP contribution in [0.15, 0.2) is 0 Å². The van der Waals surface area contributed by atoms with Crippen LogP contribution >= 0.6 is 0 Å². The Kier molecular flexibility index (Phi) is 4.78. The molecule has 0 atom stereocenters. The molecule has 1 saturated carbocycles. The van der Waals surface area contributed by atoms with Crippen molar-refractivity contribution in [3.8, 4) is 0 Å². The fourth-order valence-corrected chi connectivity index (χ4v) is 1.08. The van der Waals surface area contributed by atoms with E-state index in [4.69, 9.17) is 9.47 Å². The number of hydrogen-bond acceptors (Lipinski definition) is 4. The van der Waals surface area contributed by atoms with Crippen LogP contribution < -0.4 is 5.32 Å². The fourth-order valence-electron chi connectivity index (χ4n) is 1.08. The normalized spacial score (nSPS) is 16.7. The summed E-state index contributed by atoms with van der Waals surface area (Å²) in [5, 5.41) is 2.94. The Balaban J connectivity index is 1.91. The second kappa shape index (κ2) is 5.94. The summed E-state index contributed by atoms with van der Waals surface area (Å²) in [4.78, 5) is 11.1. The molecule has 1 rings (SSSR count). The van der Waals surface area contributed by atoms with Crippen molar-refractivity contribution in [2.24, 2.45) is 0 Å². The van der Waals surface area contributed by atoms with Crippen LogP contribution in [0.1, 0.15) is 19.3 Å². The number of carbonyl (C=O) groups excluding carboxylic acids is 1. The molecule has 0 radical (unpaired) electrons. The van der Waals surface area contributed by atoms with Gasteiger partial charge in [0.25, 0.3) is 0 Å². The number of methoxy groups -OCH3 is 1. The predicted molar refractivity (Wildman–Crippen MR) is 48.5 cm³/mol. The summed E-state index contributed by atoms with van der Waals surface area (Å²) in [7, 11) is 1.63. The van der Waals surface area contributed by atoms with Gasteiger partial charge in [-0.25, -0.2) is 0 Å². The summed E-state index contributed by atoms with van der Waals surface area (Å²) in [5.74, 6) is -0.152. The average Bonchev–Trinajstić information content (AvgIpc) is 2.06. The maximum absolute atomic E-state index is 11.1. The largest absolute Gasteiger partial charge is 0.461 e. The minimum absolute atomic E-state index is 0.152. The maximum atomic E-state index is 11.1. The molecular weight excluding hydrogens is 170 g/mol. The molecule has 0 aromatic rings. The molecule has 4 nitrogen and oxygen atoms in total. The monoisotopic (exact) mass is 187 g/mol. The molecule has 4 heteroatoms. The Morgan fingerprint density at radius 1 is 1.54 bits per heavy atom. The van der Waals surface area contributed by atoms with E-state index in [9.17, 15) is 4.79 Å². The van der Waals surface area contributed by atoms with Crippen LogP contribution in [0.25, 0.3) is 0 Å². The third-order valence-electron chi connectivity index (χ3n) is 2.10. The average molecular weight is 187 g/mol. The van der Waals surface area contributed by atoms with E-state index in [1.807, 2.05) is 0 Å². The second-order valence-electron chi connectivity index (χ2n) is 3.21. The van der Waals surface area contributed by atoms with Gasteiger partial charge in [0.05, 0.1) is 13.2 Å². The van der Waals surface area contributed by atoms with Gasteiger partial charge in [-0.1, -0.05) is 0 Å². The minimum Gasteiger partial charge on any atom is -0.461 e. The molecule has 0 bridgehead atoms. The van der Waals surface area contributed by atoms with Gasteiger partial charge in [-0.15, -0.1) is 0 Å². The number of esters is 1. The Morgan fingerprint density at radius 2 is 2.31 bits per heavy atom. The van der Waals surface area contributed by atoms with Gasteiger partial charge in [-0.2, -0.15) is 0 Å². The smallest absolute Gasteiger partial charge is 0.320 e. The maximum Gasteiger partial charge on any atom is 0.320 e. The molecular formula is C9H17NO3. The van der Waals surface area contributed by atoms with E-state index in [1.165, 1.54) is 6.42 Å². The summed E-state index contributed by atoms with van der Waals surface area (Å²) in [5.41, 5.74) is 0. The molecule has 0 aromatic heterocycles. The van der Waals surface area contributed by atoms with Crippen molar-refractivity contribution in [2.75, 3.05) is 26.8 Å². The van der Waals surface area contributed by atoms with Crippen LogP contribution in [0.2, 0.25) is 0 Å². The number of carbonyl (C=O) groups is 1. The Hall–Kier alpha value is -0.610. The molecule has 1 fully saturated rings. The first-order valence-corrected chi connectivity index (χ1v) is 4.72. The zero-order chi connectivity index (χ0) is 9.52. The molecule has 0 unspecified atom stereocenters. The summed E-state index contributed by atoms with van der Waals surface area (Å²) < 4.78 is 9.95. The standard InChI is InChI=1S/C9H17NO3/c1-12-6-5-10-7-9(11)13-8-3-2-4-8/h8,10H,2-7H2,1H3. The zero-order valence-corrected chi connectivity index (χ0v) is 8.04. The van der Waals surface area contributed by atoms with Gasteiger partial charge in [-0.3, -0.25) is 4.79 Å². The minimum atomic E-state index is -0.152. The van der Waals surface area contributed by atoms with E-state index >= 15 is 0 Å². The molecule has 13 heavy (non-hydrogen) atoms. The van der Waals surface area contributed by atoms with Crippen LogP contribution in [0.5, 0.6) is 0 Å². The highest BCUT2D eigenvalue weighted by atomic mass is 16.5. The van der Waals surface area contributed by atoms with Crippen molar-refractivity contribution in [1.29, 1.82) is 0 Å². The van der Waals surface area contributed by atoms with Crippen LogP contribution in [-0.4, -0.2) is 38.9 Å².